The van der Waals surface area contributed by atoms with E-state index in [1.807, 2.05) is 19.9 Å². The molecule has 0 aliphatic heterocycles. The van der Waals surface area contributed by atoms with Gasteiger partial charge in [0.15, 0.2) is 0 Å². The molecule has 0 atom stereocenters. The average molecular weight is 366 g/mol. The smallest absolute Gasteiger partial charge is 0.234 e. The summed E-state index contributed by atoms with van der Waals surface area (Å²) in [4.78, 5) is 16.4. The number of amides is 1. The molecule has 4 nitrogen and oxygen atoms in total. The van der Waals surface area contributed by atoms with E-state index in [0.29, 0.717) is 26.3 Å². The number of anilines is 1. The molecule has 0 bridgehead atoms. The minimum absolute atomic E-state index is 0.134. The molecule has 23 heavy (non-hydrogen) atoms. The third kappa shape index (κ3) is 4.87. The topological polar surface area (TPSA) is 65.8 Å². The van der Waals surface area contributed by atoms with Gasteiger partial charge < -0.3 is 5.32 Å². The van der Waals surface area contributed by atoms with Gasteiger partial charge >= 0.3 is 0 Å². The van der Waals surface area contributed by atoms with Gasteiger partial charge in [0.2, 0.25) is 5.91 Å². The summed E-state index contributed by atoms with van der Waals surface area (Å²) in [5.41, 5.74) is 2.69. The normalized spacial score (nSPS) is 10.2. The van der Waals surface area contributed by atoms with Gasteiger partial charge in [0, 0.05) is 21.4 Å². The zero-order valence-electron chi connectivity index (χ0n) is 12.5. The van der Waals surface area contributed by atoms with Crippen molar-refractivity contribution >= 4 is 46.6 Å². The Morgan fingerprint density at radius 3 is 2.52 bits per heavy atom. The number of aryl methyl sites for hydroxylation is 2. The van der Waals surface area contributed by atoms with Gasteiger partial charge in [0.25, 0.3) is 0 Å². The number of hydrogen-bond donors (Lipinski definition) is 1. The van der Waals surface area contributed by atoms with E-state index >= 15 is 0 Å². The van der Waals surface area contributed by atoms with Gasteiger partial charge in [0.05, 0.1) is 11.3 Å². The Bertz CT molecular complexity index is 782. The van der Waals surface area contributed by atoms with Crippen molar-refractivity contribution in [2.45, 2.75) is 18.9 Å². The summed E-state index contributed by atoms with van der Waals surface area (Å²) in [5, 5.41) is 13.4. The summed E-state index contributed by atoms with van der Waals surface area (Å²) in [5.74, 6) is -0.0903. The lowest BCUT2D eigenvalue weighted by Crippen LogP contribution is -2.14. The highest BCUT2D eigenvalue weighted by Gasteiger charge is 2.12. The van der Waals surface area contributed by atoms with E-state index in [1.54, 1.807) is 18.2 Å². The molecule has 0 unspecified atom stereocenters. The second-order valence-corrected chi connectivity index (χ2v) is 6.70. The Morgan fingerprint density at radius 1 is 1.26 bits per heavy atom. The molecule has 0 spiro atoms. The van der Waals surface area contributed by atoms with E-state index < -0.39 is 0 Å². The maximum absolute atomic E-state index is 12.0. The lowest BCUT2D eigenvalue weighted by Gasteiger charge is -2.08. The molecule has 118 valence electrons. The summed E-state index contributed by atoms with van der Waals surface area (Å²) in [6, 6.07) is 8.80. The molecule has 0 radical (unpaired) electrons. The van der Waals surface area contributed by atoms with Crippen LogP contribution in [0.2, 0.25) is 10.0 Å². The minimum Gasteiger partial charge on any atom is -0.325 e. The second kappa shape index (κ2) is 7.69. The first-order valence-corrected chi connectivity index (χ1v) is 8.40. The molecule has 2 aromatic rings. The Balaban J connectivity index is 2.06. The standard InChI is InChI=1S/C16H13Cl2N3OS/c1-9-3-10(2)20-16(14(9)7-19)23-8-15(22)21-13-5-11(17)4-12(18)6-13/h3-6H,8H2,1-2H3,(H,21,22). The molecule has 1 heterocycles. The number of thioether (sulfide) groups is 1. The number of aromatic nitrogens is 1. The second-order valence-electron chi connectivity index (χ2n) is 4.87. The van der Waals surface area contributed by atoms with E-state index in [4.69, 9.17) is 23.2 Å². The summed E-state index contributed by atoms with van der Waals surface area (Å²) < 4.78 is 0. The highest BCUT2D eigenvalue weighted by molar-refractivity contribution is 8.00. The minimum atomic E-state index is -0.224. The van der Waals surface area contributed by atoms with E-state index in [-0.39, 0.29) is 11.7 Å². The van der Waals surface area contributed by atoms with Gasteiger partial charge in [-0.05, 0) is 43.7 Å². The molecule has 1 amide bonds. The van der Waals surface area contributed by atoms with Crippen LogP contribution in [0, 0.1) is 25.2 Å². The molecule has 1 N–H and O–H groups in total. The molecule has 7 heteroatoms. The number of rotatable bonds is 4. The predicted molar refractivity (Wildman–Crippen MR) is 94.2 cm³/mol. The number of carbonyl (C=O) groups excluding carboxylic acids is 1. The maximum atomic E-state index is 12.0. The third-order valence-electron chi connectivity index (χ3n) is 2.91. The quantitative estimate of drug-likeness (QED) is 0.803. The van der Waals surface area contributed by atoms with E-state index in [2.05, 4.69) is 16.4 Å². The van der Waals surface area contributed by atoms with Crippen LogP contribution in [0.25, 0.3) is 0 Å². The monoisotopic (exact) mass is 365 g/mol. The van der Waals surface area contributed by atoms with Crippen molar-refractivity contribution in [3.8, 4) is 6.07 Å². The summed E-state index contributed by atoms with van der Waals surface area (Å²) in [7, 11) is 0. The first kappa shape index (κ1) is 17.6. The average Bonchev–Trinajstić information content (AvgIpc) is 2.43. The molecule has 0 aliphatic rings. The SMILES string of the molecule is Cc1cc(C)c(C#N)c(SCC(=O)Nc2cc(Cl)cc(Cl)c2)n1. The molecule has 0 saturated carbocycles. The fraction of sp³-hybridized carbons (Fsp3) is 0.188. The number of nitrogens with one attached hydrogen (secondary N) is 1. The Morgan fingerprint density at radius 2 is 1.91 bits per heavy atom. The zero-order valence-corrected chi connectivity index (χ0v) is 14.8. The van der Waals surface area contributed by atoms with Crippen molar-refractivity contribution in [1.29, 1.82) is 5.26 Å². The van der Waals surface area contributed by atoms with Gasteiger partial charge in [-0.2, -0.15) is 5.26 Å². The maximum Gasteiger partial charge on any atom is 0.234 e. The summed E-state index contributed by atoms with van der Waals surface area (Å²) in [6.45, 7) is 3.71. The largest absolute Gasteiger partial charge is 0.325 e. The number of halogens is 2. The van der Waals surface area contributed by atoms with Crippen LogP contribution < -0.4 is 5.32 Å². The van der Waals surface area contributed by atoms with E-state index in [1.165, 1.54) is 11.8 Å². The molecule has 0 fully saturated rings. The predicted octanol–water partition coefficient (Wildman–Crippen LogP) is 4.61. The fourth-order valence-corrected chi connectivity index (χ4v) is 3.43. The molecular formula is C16H13Cl2N3OS. The Kier molecular flexibility index (Phi) is 5.89. The number of benzene rings is 1. The first-order valence-electron chi connectivity index (χ1n) is 6.66. The highest BCUT2D eigenvalue weighted by Crippen LogP contribution is 2.25. The van der Waals surface area contributed by atoms with Crippen molar-refractivity contribution in [3.63, 3.8) is 0 Å². The molecule has 1 aromatic carbocycles. The van der Waals surface area contributed by atoms with E-state index in [9.17, 15) is 10.1 Å². The summed E-state index contributed by atoms with van der Waals surface area (Å²) >= 11 is 13.0. The van der Waals surface area contributed by atoms with Crippen LogP contribution >= 0.6 is 35.0 Å². The molecule has 1 aromatic heterocycles. The summed E-state index contributed by atoms with van der Waals surface area (Å²) in [6.07, 6.45) is 0. The van der Waals surface area contributed by atoms with Crippen LogP contribution in [0.5, 0.6) is 0 Å². The van der Waals surface area contributed by atoms with E-state index in [0.717, 1.165) is 11.3 Å². The van der Waals surface area contributed by atoms with Gasteiger partial charge in [-0.15, -0.1) is 0 Å². The molecule has 0 aliphatic carbocycles. The van der Waals surface area contributed by atoms with Gasteiger partial charge in [-0.1, -0.05) is 35.0 Å². The molecule has 0 saturated heterocycles. The number of nitriles is 1. The lowest BCUT2D eigenvalue weighted by molar-refractivity contribution is -0.113. The van der Waals surface area contributed by atoms with Crippen molar-refractivity contribution < 1.29 is 4.79 Å². The lowest BCUT2D eigenvalue weighted by atomic mass is 10.1. The third-order valence-corrected chi connectivity index (χ3v) is 4.32. The van der Waals surface area contributed by atoms with Gasteiger partial charge in [-0.3, -0.25) is 4.79 Å². The van der Waals surface area contributed by atoms with Crippen LogP contribution in [-0.2, 0) is 4.79 Å². The Labute approximate surface area is 148 Å². The number of nitrogens with zero attached hydrogens (tertiary/aromatic N) is 2. The van der Waals surface area contributed by atoms with Crippen LogP contribution in [0.3, 0.4) is 0 Å². The molecular weight excluding hydrogens is 353 g/mol. The number of hydrogen-bond acceptors (Lipinski definition) is 4. The van der Waals surface area contributed by atoms with Crippen molar-refractivity contribution in [2.75, 3.05) is 11.1 Å². The van der Waals surface area contributed by atoms with Crippen LogP contribution in [0.4, 0.5) is 5.69 Å². The van der Waals surface area contributed by atoms with Gasteiger partial charge in [-0.25, -0.2) is 4.98 Å². The van der Waals surface area contributed by atoms with Gasteiger partial charge in [0.1, 0.15) is 11.1 Å². The van der Waals surface area contributed by atoms with Crippen molar-refractivity contribution in [1.82, 2.24) is 4.98 Å². The molecule has 2 rings (SSSR count). The highest BCUT2D eigenvalue weighted by atomic mass is 35.5. The number of carbonyl (C=O) groups is 1. The zero-order chi connectivity index (χ0) is 17.0. The van der Waals surface area contributed by atoms with Crippen molar-refractivity contribution in [3.05, 3.63) is 51.1 Å². The number of pyridine rings is 1. The van der Waals surface area contributed by atoms with Crippen LogP contribution in [0.15, 0.2) is 29.3 Å². The van der Waals surface area contributed by atoms with Crippen LogP contribution in [0.1, 0.15) is 16.8 Å². The van der Waals surface area contributed by atoms with Crippen LogP contribution in [-0.4, -0.2) is 16.6 Å². The Hall–Kier alpha value is -1.74. The van der Waals surface area contributed by atoms with Crippen molar-refractivity contribution in [2.24, 2.45) is 0 Å². The fourth-order valence-electron chi connectivity index (χ4n) is 2.00. The first-order chi connectivity index (χ1) is 10.9.